The van der Waals surface area contributed by atoms with E-state index in [0.29, 0.717) is 5.89 Å². The number of hydrogen-bond acceptors (Lipinski definition) is 7. The summed E-state index contributed by atoms with van der Waals surface area (Å²) in [5.41, 5.74) is 1.84. The topological polar surface area (TPSA) is 80.1 Å². The molecule has 0 bridgehead atoms. The van der Waals surface area contributed by atoms with Gasteiger partial charge in [-0.15, -0.1) is 0 Å². The van der Waals surface area contributed by atoms with Crippen molar-refractivity contribution < 1.29 is 18.7 Å². The van der Waals surface area contributed by atoms with Crippen molar-refractivity contribution in [3.8, 4) is 23.0 Å². The summed E-state index contributed by atoms with van der Waals surface area (Å²) in [4.78, 5) is 22.4. The zero-order valence-corrected chi connectivity index (χ0v) is 20.9. The molecule has 1 N–H and O–H groups in total. The summed E-state index contributed by atoms with van der Waals surface area (Å²) in [5, 5.41) is 3.19. The Morgan fingerprint density at radius 3 is 2.60 bits per heavy atom. The first-order chi connectivity index (χ1) is 17.2. The molecule has 1 amide bonds. The first kappa shape index (κ1) is 24.1. The van der Waals surface area contributed by atoms with Crippen LogP contribution in [0, 0.1) is 12.8 Å². The molecule has 0 spiro atoms. The number of oxazole rings is 1. The lowest BCUT2D eigenvalue weighted by Crippen LogP contribution is -2.41. The molecule has 0 unspecified atom stereocenters. The molecule has 0 radical (unpaired) electrons. The minimum Gasteiger partial charge on any atom is -0.454 e. The van der Waals surface area contributed by atoms with Gasteiger partial charge in [-0.1, -0.05) is 12.8 Å². The van der Waals surface area contributed by atoms with Gasteiger partial charge in [0.25, 0.3) is 0 Å². The first-order valence-electron chi connectivity index (χ1n) is 13.2. The fourth-order valence-electron chi connectivity index (χ4n) is 5.31. The highest BCUT2D eigenvalue weighted by Crippen LogP contribution is 2.36. The number of ether oxygens (including phenoxy) is 2. The molecule has 1 aromatic heterocycles. The highest BCUT2D eigenvalue weighted by Gasteiger charge is 2.26. The predicted octanol–water partition coefficient (Wildman–Crippen LogP) is 3.97. The van der Waals surface area contributed by atoms with Crippen LogP contribution in [0.5, 0.6) is 11.5 Å². The number of carbonyl (C=O) groups excluding carboxylic acids is 1. The van der Waals surface area contributed by atoms with E-state index in [4.69, 9.17) is 18.9 Å². The average molecular weight is 483 g/mol. The van der Waals surface area contributed by atoms with Crippen molar-refractivity contribution in [2.24, 2.45) is 5.92 Å². The number of aryl methyl sites for hydroxylation is 1. The number of nitrogens with zero attached hydrogens (tertiary/aromatic N) is 3. The van der Waals surface area contributed by atoms with Crippen LogP contribution in [-0.2, 0) is 11.3 Å². The molecule has 0 aliphatic carbocycles. The molecule has 3 aliphatic heterocycles. The fourth-order valence-corrected chi connectivity index (χ4v) is 5.31. The normalized spacial score (nSPS) is 19.6. The lowest BCUT2D eigenvalue weighted by molar-refractivity contribution is -0.126. The van der Waals surface area contributed by atoms with Crippen LogP contribution in [0.4, 0.5) is 0 Å². The van der Waals surface area contributed by atoms with E-state index in [1.807, 2.05) is 25.1 Å². The monoisotopic (exact) mass is 482 g/mol. The lowest BCUT2D eigenvalue weighted by Gasteiger charge is -2.30. The Bertz CT molecular complexity index is 991. The molecule has 2 aromatic rings. The van der Waals surface area contributed by atoms with Crippen LogP contribution < -0.4 is 14.8 Å². The van der Waals surface area contributed by atoms with E-state index in [1.54, 1.807) is 0 Å². The number of fused-ring (bicyclic) bond motifs is 1. The van der Waals surface area contributed by atoms with Gasteiger partial charge < -0.3 is 24.1 Å². The van der Waals surface area contributed by atoms with Crippen molar-refractivity contribution in [2.45, 2.75) is 58.4 Å². The van der Waals surface area contributed by atoms with Gasteiger partial charge in [0.2, 0.25) is 18.6 Å². The molecule has 0 saturated carbocycles. The summed E-state index contributed by atoms with van der Waals surface area (Å²) < 4.78 is 16.8. The number of carbonyl (C=O) groups is 1. The Labute approximate surface area is 208 Å². The van der Waals surface area contributed by atoms with Crippen LogP contribution in [0.25, 0.3) is 11.5 Å². The molecule has 4 heterocycles. The molecular weight excluding hydrogens is 444 g/mol. The van der Waals surface area contributed by atoms with Gasteiger partial charge >= 0.3 is 0 Å². The summed E-state index contributed by atoms with van der Waals surface area (Å²) in [5.74, 6) is 3.26. The van der Waals surface area contributed by atoms with Gasteiger partial charge in [-0.05, 0) is 90.0 Å². The summed E-state index contributed by atoms with van der Waals surface area (Å²) in [6, 6.07) is 5.75. The van der Waals surface area contributed by atoms with Gasteiger partial charge in [-0.25, -0.2) is 4.98 Å². The second-order valence-corrected chi connectivity index (χ2v) is 10.0. The number of aromatic nitrogens is 1. The van der Waals surface area contributed by atoms with Gasteiger partial charge in [0, 0.05) is 24.6 Å². The molecule has 8 heteroatoms. The summed E-state index contributed by atoms with van der Waals surface area (Å²) >= 11 is 0. The third-order valence-electron chi connectivity index (χ3n) is 7.49. The Morgan fingerprint density at radius 2 is 1.80 bits per heavy atom. The minimum atomic E-state index is 0.118. The lowest BCUT2D eigenvalue weighted by atomic mass is 9.95. The van der Waals surface area contributed by atoms with E-state index in [-0.39, 0.29) is 18.6 Å². The second-order valence-electron chi connectivity index (χ2n) is 10.0. The largest absolute Gasteiger partial charge is 0.454 e. The molecule has 5 rings (SSSR count). The second kappa shape index (κ2) is 11.4. The minimum absolute atomic E-state index is 0.118. The quantitative estimate of drug-likeness (QED) is 0.570. The number of piperidine rings is 1. The third kappa shape index (κ3) is 6.16. The number of nitrogens with one attached hydrogen (secondary N) is 1. The number of rotatable bonds is 8. The van der Waals surface area contributed by atoms with Crippen LogP contribution in [0.3, 0.4) is 0 Å². The number of hydrogen-bond donors (Lipinski definition) is 1. The zero-order valence-electron chi connectivity index (χ0n) is 20.9. The highest BCUT2D eigenvalue weighted by atomic mass is 16.7. The molecular formula is C27H38N4O4. The summed E-state index contributed by atoms with van der Waals surface area (Å²) in [7, 11) is 0. The Hall–Kier alpha value is -2.58. The number of amides is 1. The van der Waals surface area contributed by atoms with Crippen molar-refractivity contribution in [3.05, 3.63) is 29.7 Å². The molecule has 8 nitrogen and oxygen atoms in total. The Morgan fingerprint density at radius 1 is 1.03 bits per heavy atom. The third-order valence-corrected chi connectivity index (χ3v) is 7.49. The molecule has 190 valence electrons. The molecule has 2 saturated heterocycles. The number of benzene rings is 1. The maximum absolute atomic E-state index is 12.7. The first-order valence-corrected chi connectivity index (χ1v) is 13.2. The summed E-state index contributed by atoms with van der Waals surface area (Å²) in [6.45, 7) is 9.08. The average Bonchev–Trinajstić information content (AvgIpc) is 3.40. The molecule has 35 heavy (non-hydrogen) atoms. The maximum Gasteiger partial charge on any atom is 0.231 e. The fraction of sp³-hybridized carbons (Fsp3) is 0.630. The Balaban J connectivity index is 1.05. The maximum atomic E-state index is 12.7. The predicted molar refractivity (Wildman–Crippen MR) is 133 cm³/mol. The van der Waals surface area contributed by atoms with Crippen LogP contribution in [0.15, 0.2) is 22.6 Å². The van der Waals surface area contributed by atoms with Gasteiger partial charge in [0.15, 0.2) is 11.5 Å². The van der Waals surface area contributed by atoms with E-state index >= 15 is 0 Å². The highest BCUT2D eigenvalue weighted by molar-refractivity contribution is 5.78. The van der Waals surface area contributed by atoms with E-state index in [2.05, 4.69) is 15.1 Å². The van der Waals surface area contributed by atoms with Gasteiger partial charge in [0.05, 0.1) is 5.69 Å². The van der Waals surface area contributed by atoms with Crippen LogP contribution in [0.2, 0.25) is 0 Å². The van der Waals surface area contributed by atoms with Crippen molar-refractivity contribution in [3.63, 3.8) is 0 Å². The standard InChI is InChI=1S/C27H38N4O4/c1-20-23(29-27(35-20)22-7-8-24-25(17-22)34-19-33-24)18-31-15-9-21(10-16-31)26(32)28-11-6-14-30-12-4-2-3-5-13-30/h7-8,17,21H,2-6,9-16,18-19H2,1H3,(H,28,32). The van der Waals surface area contributed by atoms with Crippen molar-refractivity contribution in [1.82, 2.24) is 20.1 Å². The van der Waals surface area contributed by atoms with E-state index in [0.717, 1.165) is 80.5 Å². The van der Waals surface area contributed by atoms with E-state index in [9.17, 15) is 4.79 Å². The zero-order chi connectivity index (χ0) is 24.0. The van der Waals surface area contributed by atoms with Crippen LogP contribution in [0.1, 0.15) is 56.4 Å². The van der Waals surface area contributed by atoms with Crippen molar-refractivity contribution >= 4 is 5.91 Å². The molecule has 1 aromatic carbocycles. The molecule has 0 atom stereocenters. The van der Waals surface area contributed by atoms with Crippen LogP contribution >= 0.6 is 0 Å². The van der Waals surface area contributed by atoms with Crippen molar-refractivity contribution in [1.29, 1.82) is 0 Å². The molecule has 2 fully saturated rings. The van der Waals surface area contributed by atoms with Gasteiger partial charge in [0.1, 0.15) is 5.76 Å². The van der Waals surface area contributed by atoms with Gasteiger partial charge in [-0.3, -0.25) is 9.69 Å². The van der Waals surface area contributed by atoms with Crippen molar-refractivity contribution in [2.75, 3.05) is 46.1 Å². The summed E-state index contributed by atoms with van der Waals surface area (Å²) in [6.07, 6.45) is 8.19. The SMILES string of the molecule is Cc1oc(-c2ccc3c(c2)OCO3)nc1CN1CCC(C(=O)NCCCN2CCCCCC2)CC1. The molecule has 3 aliphatic rings. The van der Waals surface area contributed by atoms with Gasteiger partial charge in [-0.2, -0.15) is 0 Å². The van der Waals surface area contributed by atoms with E-state index in [1.165, 1.54) is 38.8 Å². The smallest absolute Gasteiger partial charge is 0.231 e. The number of likely N-dealkylation sites (tertiary alicyclic amines) is 2. The van der Waals surface area contributed by atoms with Crippen LogP contribution in [-0.4, -0.2) is 66.8 Å². The Kier molecular flexibility index (Phi) is 7.88. The van der Waals surface area contributed by atoms with E-state index < -0.39 is 0 Å².